The molecule has 0 aromatic rings. The van der Waals surface area contributed by atoms with Crippen LogP contribution < -0.4 is 10.0 Å². The maximum absolute atomic E-state index is 12.2. The van der Waals surface area contributed by atoms with E-state index in [2.05, 4.69) is 10.0 Å². The summed E-state index contributed by atoms with van der Waals surface area (Å²) in [7, 11) is -3.78. The van der Waals surface area contributed by atoms with Gasteiger partial charge in [0.25, 0.3) is 10.2 Å². The van der Waals surface area contributed by atoms with Crippen LogP contribution in [-0.4, -0.2) is 54.9 Å². The minimum atomic E-state index is -3.78. The smallest absolute Gasteiger partial charge is 0.306 e. The summed E-state index contributed by atoms with van der Waals surface area (Å²) in [5.41, 5.74) is 0. The molecule has 8 nitrogen and oxygen atoms in total. The highest BCUT2D eigenvalue weighted by molar-refractivity contribution is 7.87. The van der Waals surface area contributed by atoms with Crippen LogP contribution in [0.15, 0.2) is 0 Å². The molecule has 1 heterocycles. The lowest BCUT2D eigenvalue weighted by Crippen LogP contribution is -2.52. The molecule has 1 atom stereocenters. The molecule has 1 fully saturated rings. The van der Waals surface area contributed by atoms with Crippen molar-refractivity contribution in [1.29, 1.82) is 0 Å². The Hall–Kier alpha value is -1.19. The number of piperidine rings is 1. The van der Waals surface area contributed by atoms with E-state index in [0.29, 0.717) is 0 Å². The van der Waals surface area contributed by atoms with Crippen LogP contribution in [0.25, 0.3) is 0 Å². The second kappa shape index (κ2) is 7.19. The van der Waals surface area contributed by atoms with Gasteiger partial charge in [0, 0.05) is 19.1 Å². The highest BCUT2D eigenvalue weighted by Gasteiger charge is 2.32. The SMILES string of the molecule is CC(C)NC(=O)C(C)NS(=O)(=O)N1CCC(C(=O)O)CC1. The number of carboxylic acid groups (broad SMARTS) is 1. The monoisotopic (exact) mass is 321 g/mol. The Morgan fingerprint density at radius 2 is 1.71 bits per heavy atom. The Bertz CT molecular complexity index is 483. The van der Waals surface area contributed by atoms with Crippen LogP contribution in [0.1, 0.15) is 33.6 Å². The van der Waals surface area contributed by atoms with Gasteiger partial charge < -0.3 is 10.4 Å². The number of carboxylic acids is 1. The summed E-state index contributed by atoms with van der Waals surface area (Å²) in [6.07, 6.45) is 0.561. The minimum absolute atomic E-state index is 0.0734. The predicted octanol–water partition coefficient (Wildman–Crippen LogP) is -0.469. The first-order valence-electron chi connectivity index (χ1n) is 6.94. The van der Waals surface area contributed by atoms with Crippen LogP contribution in [0.3, 0.4) is 0 Å². The van der Waals surface area contributed by atoms with E-state index in [9.17, 15) is 18.0 Å². The number of hydrogen-bond donors (Lipinski definition) is 3. The number of amides is 1. The zero-order valence-electron chi connectivity index (χ0n) is 12.5. The lowest BCUT2D eigenvalue weighted by Gasteiger charge is -2.30. The summed E-state index contributed by atoms with van der Waals surface area (Å²) in [6.45, 7) is 5.33. The second-order valence-electron chi connectivity index (χ2n) is 5.52. The summed E-state index contributed by atoms with van der Waals surface area (Å²) in [5.74, 6) is -1.79. The van der Waals surface area contributed by atoms with E-state index in [-0.39, 0.29) is 32.0 Å². The molecule has 1 aliphatic heterocycles. The van der Waals surface area contributed by atoms with Gasteiger partial charge >= 0.3 is 5.97 Å². The zero-order chi connectivity index (χ0) is 16.2. The first kappa shape index (κ1) is 17.9. The molecular weight excluding hydrogens is 298 g/mol. The van der Waals surface area contributed by atoms with Gasteiger partial charge in [0.05, 0.1) is 12.0 Å². The Kier molecular flexibility index (Phi) is 6.11. The summed E-state index contributed by atoms with van der Waals surface area (Å²) in [6, 6.07) is -0.953. The van der Waals surface area contributed by atoms with Crippen LogP contribution in [0, 0.1) is 5.92 Å². The maximum Gasteiger partial charge on any atom is 0.306 e. The van der Waals surface area contributed by atoms with E-state index < -0.39 is 34.0 Å². The molecule has 0 aliphatic carbocycles. The number of nitrogens with one attached hydrogen (secondary N) is 2. The molecule has 9 heteroatoms. The molecule has 0 aromatic heterocycles. The molecule has 21 heavy (non-hydrogen) atoms. The summed E-state index contributed by atoms with van der Waals surface area (Å²) in [5, 5.41) is 11.5. The largest absolute Gasteiger partial charge is 0.481 e. The van der Waals surface area contributed by atoms with E-state index in [1.165, 1.54) is 11.2 Å². The standard InChI is InChI=1S/C12H23N3O5S/c1-8(2)13-11(16)9(3)14-21(19,20)15-6-4-10(5-7-15)12(17)18/h8-10,14H,4-7H2,1-3H3,(H,13,16)(H,17,18). The van der Waals surface area contributed by atoms with Crippen molar-refractivity contribution in [3.63, 3.8) is 0 Å². The molecule has 1 saturated heterocycles. The average Bonchev–Trinajstić information content (AvgIpc) is 2.37. The fourth-order valence-electron chi connectivity index (χ4n) is 2.10. The predicted molar refractivity (Wildman–Crippen MR) is 76.7 cm³/mol. The minimum Gasteiger partial charge on any atom is -0.481 e. The van der Waals surface area contributed by atoms with E-state index in [4.69, 9.17) is 5.11 Å². The number of carbonyl (C=O) groups is 2. The molecule has 1 aliphatic rings. The van der Waals surface area contributed by atoms with E-state index in [0.717, 1.165) is 0 Å². The summed E-state index contributed by atoms with van der Waals surface area (Å²) >= 11 is 0. The summed E-state index contributed by atoms with van der Waals surface area (Å²) in [4.78, 5) is 22.6. The highest BCUT2D eigenvalue weighted by Crippen LogP contribution is 2.19. The third-order valence-electron chi connectivity index (χ3n) is 3.29. The number of hydrogen-bond acceptors (Lipinski definition) is 4. The van der Waals surface area contributed by atoms with Crippen molar-refractivity contribution in [2.24, 2.45) is 5.92 Å². The molecule has 1 unspecified atom stereocenters. The number of rotatable bonds is 6. The van der Waals surface area contributed by atoms with E-state index in [1.54, 1.807) is 13.8 Å². The zero-order valence-corrected chi connectivity index (χ0v) is 13.3. The molecule has 0 aromatic carbocycles. The Labute approximate surface area is 125 Å². The Morgan fingerprint density at radius 3 is 2.14 bits per heavy atom. The van der Waals surface area contributed by atoms with Gasteiger partial charge in [-0.1, -0.05) is 0 Å². The summed E-state index contributed by atoms with van der Waals surface area (Å²) < 4.78 is 27.8. The van der Waals surface area contributed by atoms with Gasteiger partial charge in [-0.2, -0.15) is 17.4 Å². The number of nitrogens with zero attached hydrogens (tertiary/aromatic N) is 1. The van der Waals surface area contributed by atoms with E-state index >= 15 is 0 Å². The van der Waals surface area contributed by atoms with Crippen molar-refractivity contribution in [3.05, 3.63) is 0 Å². The van der Waals surface area contributed by atoms with Gasteiger partial charge in [-0.15, -0.1) is 0 Å². The van der Waals surface area contributed by atoms with Crippen molar-refractivity contribution in [2.75, 3.05) is 13.1 Å². The fourth-order valence-corrected chi connectivity index (χ4v) is 3.50. The Morgan fingerprint density at radius 1 is 1.19 bits per heavy atom. The molecule has 122 valence electrons. The van der Waals surface area contributed by atoms with Crippen LogP contribution >= 0.6 is 0 Å². The lowest BCUT2D eigenvalue weighted by molar-refractivity contribution is -0.142. The molecule has 0 saturated carbocycles. The Balaban J connectivity index is 2.58. The van der Waals surface area contributed by atoms with Gasteiger partial charge in [-0.25, -0.2) is 0 Å². The number of aliphatic carboxylic acids is 1. The average molecular weight is 321 g/mol. The first-order valence-corrected chi connectivity index (χ1v) is 8.38. The van der Waals surface area contributed by atoms with Gasteiger partial charge in [0.1, 0.15) is 0 Å². The van der Waals surface area contributed by atoms with Gasteiger partial charge in [0.15, 0.2) is 0 Å². The quantitative estimate of drug-likeness (QED) is 0.612. The van der Waals surface area contributed by atoms with Crippen molar-refractivity contribution in [2.45, 2.75) is 45.7 Å². The fraction of sp³-hybridized carbons (Fsp3) is 0.833. The van der Waals surface area contributed by atoms with Gasteiger partial charge in [-0.05, 0) is 33.6 Å². The first-order chi connectivity index (χ1) is 9.63. The van der Waals surface area contributed by atoms with Crippen LogP contribution in [0.5, 0.6) is 0 Å². The molecule has 0 radical (unpaired) electrons. The molecule has 0 bridgehead atoms. The molecule has 0 spiro atoms. The third kappa shape index (κ3) is 5.25. The van der Waals surface area contributed by atoms with Crippen molar-refractivity contribution >= 4 is 22.1 Å². The van der Waals surface area contributed by atoms with Crippen LogP contribution in [0.2, 0.25) is 0 Å². The molecule has 1 rings (SSSR count). The van der Waals surface area contributed by atoms with Gasteiger partial charge in [-0.3, -0.25) is 9.59 Å². The van der Waals surface area contributed by atoms with Crippen molar-refractivity contribution in [1.82, 2.24) is 14.3 Å². The normalized spacial score (nSPS) is 19.4. The number of carbonyl (C=O) groups excluding carboxylic acids is 1. The topological polar surface area (TPSA) is 116 Å². The van der Waals surface area contributed by atoms with Crippen molar-refractivity contribution in [3.8, 4) is 0 Å². The molecule has 3 N–H and O–H groups in total. The molecule has 1 amide bonds. The second-order valence-corrected chi connectivity index (χ2v) is 7.22. The third-order valence-corrected chi connectivity index (χ3v) is 4.99. The lowest BCUT2D eigenvalue weighted by atomic mass is 9.99. The van der Waals surface area contributed by atoms with Crippen LogP contribution in [-0.2, 0) is 19.8 Å². The van der Waals surface area contributed by atoms with Gasteiger partial charge in [0.2, 0.25) is 5.91 Å². The highest BCUT2D eigenvalue weighted by atomic mass is 32.2. The van der Waals surface area contributed by atoms with E-state index in [1.807, 2.05) is 0 Å². The maximum atomic E-state index is 12.2. The van der Waals surface area contributed by atoms with Crippen LogP contribution in [0.4, 0.5) is 0 Å². The van der Waals surface area contributed by atoms with Crippen molar-refractivity contribution < 1.29 is 23.1 Å². The molecular formula is C12H23N3O5S.